The quantitative estimate of drug-likeness (QED) is 0.825. The highest BCUT2D eigenvalue weighted by molar-refractivity contribution is 5.90. The number of hydrogen-bond acceptors (Lipinski definition) is 1. The Bertz CT molecular complexity index is 588. The van der Waals surface area contributed by atoms with Crippen molar-refractivity contribution in [2.24, 2.45) is 5.73 Å². The van der Waals surface area contributed by atoms with Crippen molar-refractivity contribution in [2.75, 3.05) is 0 Å². The van der Waals surface area contributed by atoms with E-state index in [4.69, 9.17) is 5.73 Å². The van der Waals surface area contributed by atoms with E-state index in [0.717, 1.165) is 11.1 Å². The predicted molar refractivity (Wildman–Crippen MR) is 70.1 cm³/mol. The van der Waals surface area contributed by atoms with Crippen LogP contribution in [-0.2, 0) is 4.79 Å². The van der Waals surface area contributed by atoms with Gasteiger partial charge >= 0.3 is 0 Å². The summed E-state index contributed by atoms with van der Waals surface area (Å²) in [4.78, 5) is 10.6. The number of amides is 1. The summed E-state index contributed by atoms with van der Waals surface area (Å²) in [5, 5.41) is 0. The molecule has 0 aliphatic heterocycles. The lowest BCUT2D eigenvalue weighted by molar-refractivity contribution is -0.113. The first-order valence-corrected chi connectivity index (χ1v) is 5.49. The fourth-order valence-electron chi connectivity index (χ4n) is 1.65. The molecular weight excluding hydrogens is 229 g/mol. The SMILES string of the molecule is NC(=O)C=Cc1ccc(-c2ccccc2F)cc1. The fourth-order valence-corrected chi connectivity index (χ4v) is 1.65. The van der Waals surface area contributed by atoms with E-state index in [-0.39, 0.29) is 5.82 Å². The van der Waals surface area contributed by atoms with Gasteiger partial charge in [0.05, 0.1) is 0 Å². The minimum absolute atomic E-state index is 0.252. The first kappa shape index (κ1) is 12.0. The molecule has 0 bridgehead atoms. The van der Waals surface area contributed by atoms with E-state index in [9.17, 15) is 9.18 Å². The smallest absolute Gasteiger partial charge is 0.241 e. The van der Waals surface area contributed by atoms with E-state index in [2.05, 4.69) is 0 Å². The van der Waals surface area contributed by atoms with Crippen molar-refractivity contribution in [2.45, 2.75) is 0 Å². The highest BCUT2D eigenvalue weighted by Crippen LogP contribution is 2.22. The number of carbonyl (C=O) groups excluding carboxylic acids is 1. The largest absolute Gasteiger partial charge is 0.366 e. The second-order valence-electron chi connectivity index (χ2n) is 3.84. The second kappa shape index (κ2) is 5.27. The van der Waals surface area contributed by atoms with Crippen LogP contribution in [0.5, 0.6) is 0 Å². The summed E-state index contributed by atoms with van der Waals surface area (Å²) in [6.07, 6.45) is 2.91. The summed E-state index contributed by atoms with van der Waals surface area (Å²) in [5.41, 5.74) is 7.20. The summed E-state index contributed by atoms with van der Waals surface area (Å²) >= 11 is 0. The third-order valence-corrected chi connectivity index (χ3v) is 2.54. The van der Waals surface area contributed by atoms with Gasteiger partial charge in [0.2, 0.25) is 5.91 Å². The number of rotatable bonds is 3. The molecule has 0 radical (unpaired) electrons. The van der Waals surface area contributed by atoms with Gasteiger partial charge in [0.1, 0.15) is 5.82 Å². The Morgan fingerprint density at radius 2 is 1.72 bits per heavy atom. The summed E-state index contributed by atoms with van der Waals surface area (Å²) in [6.45, 7) is 0. The van der Waals surface area contributed by atoms with Crippen LogP contribution in [0.1, 0.15) is 5.56 Å². The molecule has 0 aliphatic rings. The van der Waals surface area contributed by atoms with Gasteiger partial charge in [-0.05, 0) is 23.3 Å². The van der Waals surface area contributed by atoms with Gasteiger partial charge in [0, 0.05) is 11.6 Å². The Labute approximate surface area is 105 Å². The van der Waals surface area contributed by atoms with Gasteiger partial charge in [-0.1, -0.05) is 42.5 Å². The van der Waals surface area contributed by atoms with Crippen molar-refractivity contribution in [3.05, 3.63) is 66.0 Å². The van der Waals surface area contributed by atoms with Crippen LogP contribution in [0, 0.1) is 5.82 Å². The minimum atomic E-state index is -0.492. The Morgan fingerprint density at radius 3 is 2.33 bits per heavy atom. The lowest BCUT2D eigenvalue weighted by atomic mass is 10.0. The van der Waals surface area contributed by atoms with Gasteiger partial charge < -0.3 is 5.73 Å². The maximum atomic E-state index is 13.6. The molecule has 3 heteroatoms. The third-order valence-electron chi connectivity index (χ3n) is 2.54. The zero-order valence-corrected chi connectivity index (χ0v) is 9.64. The molecule has 2 nitrogen and oxygen atoms in total. The number of benzene rings is 2. The molecule has 0 aliphatic carbocycles. The zero-order chi connectivity index (χ0) is 13.0. The van der Waals surface area contributed by atoms with Gasteiger partial charge in [-0.15, -0.1) is 0 Å². The number of primary amides is 1. The van der Waals surface area contributed by atoms with E-state index < -0.39 is 5.91 Å². The first-order chi connectivity index (χ1) is 8.66. The molecule has 90 valence electrons. The lowest BCUT2D eigenvalue weighted by Crippen LogP contribution is -2.04. The van der Waals surface area contributed by atoms with Crippen molar-refractivity contribution in [1.82, 2.24) is 0 Å². The van der Waals surface area contributed by atoms with E-state index in [1.165, 1.54) is 12.1 Å². The molecule has 0 spiro atoms. The van der Waals surface area contributed by atoms with E-state index in [1.54, 1.807) is 48.5 Å². The van der Waals surface area contributed by atoms with Crippen LogP contribution in [-0.4, -0.2) is 5.91 Å². The van der Waals surface area contributed by atoms with Crippen LogP contribution >= 0.6 is 0 Å². The van der Waals surface area contributed by atoms with Crippen molar-refractivity contribution < 1.29 is 9.18 Å². The highest BCUT2D eigenvalue weighted by atomic mass is 19.1. The Hall–Kier alpha value is -2.42. The molecule has 0 fully saturated rings. The molecule has 0 aromatic heterocycles. The number of nitrogens with two attached hydrogens (primary N) is 1. The maximum absolute atomic E-state index is 13.6. The third kappa shape index (κ3) is 2.83. The predicted octanol–water partition coefficient (Wildman–Crippen LogP) is 2.99. The normalized spacial score (nSPS) is 10.7. The zero-order valence-electron chi connectivity index (χ0n) is 9.64. The molecule has 0 saturated carbocycles. The van der Waals surface area contributed by atoms with Crippen LogP contribution < -0.4 is 5.73 Å². The summed E-state index contributed by atoms with van der Waals surface area (Å²) in [7, 11) is 0. The van der Waals surface area contributed by atoms with Crippen LogP contribution in [0.25, 0.3) is 17.2 Å². The van der Waals surface area contributed by atoms with E-state index >= 15 is 0 Å². The van der Waals surface area contributed by atoms with Crippen LogP contribution in [0.3, 0.4) is 0 Å². The molecule has 2 N–H and O–H groups in total. The average Bonchev–Trinajstić information content (AvgIpc) is 2.38. The van der Waals surface area contributed by atoms with Crippen molar-refractivity contribution in [3.8, 4) is 11.1 Å². The lowest BCUT2D eigenvalue weighted by Gasteiger charge is -2.03. The molecule has 2 rings (SSSR count). The standard InChI is InChI=1S/C15H12FNO/c16-14-4-2-1-3-13(14)12-8-5-11(6-9-12)7-10-15(17)18/h1-10H,(H2,17,18). The second-order valence-corrected chi connectivity index (χ2v) is 3.84. The molecule has 2 aromatic rings. The molecule has 0 atom stereocenters. The van der Waals surface area contributed by atoms with Crippen molar-refractivity contribution in [1.29, 1.82) is 0 Å². The number of hydrogen-bond donors (Lipinski definition) is 1. The molecule has 18 heavy (non-hydrogen) atoms. The van der Waals surface area contributed by atoms with Crippen molar-refractivity contribution >= 4 is 12.0 Å². The maximum Gasteiger partial charge on any atom is 0.241 e. The number of halogens is 1. The van der Waals surface area contributed by atoms with E-state index in [0.29, 0.717) is 5.56 Å². The summed E-state index contributed by atoms with van der Waals surface area (Å²) in [5.74, 6) is -0.744. The molecule has 1 amide bonds. The van der Waals surface area contributed by atoms with Crippen LogP contribution in [0.15, 0.2) is 54.6 Å². The Kier molecular flexibility index (Phi) is 3.53. The Balaban J connectivity index is 2.28. The van der Waals surface area contributed by atoms with Gasteiger partial charge in [-0.25, -0.2) is 4.39 Å². The van der Waals surface area contributed by atoms with Gasteiger partial charge in [0.15, 0.2) is 0 Å². The molecule has 0 saturated heterocycles. The van der Waals surface area contributed by atoms with Gasteiger partial charge in [0.25, 0.3) is 0 Å². The molecule has 0 heterocycles. The first-order valence-electron chi connectivity index (χ1n) is 5.49. The monoisotopic (exact) mass is 241 g/mol. The van der Waals surface area contributed by atoms with Gasteiger partial charge in [-0.2, -0.15) is 0 Å². The minimum Gasteiger partial charge on any atom is -0.366 e. The Morgan fingerprint density at radius 1 is 1.06 bits per heavy atom. The molecule has 0 unspecified atom stereocenters. The highest BCUT2D eigenvalue weighted by Gasteiger charge is 2.02. The average molecular weight is 241 g/mol. The summed E-state index contributed by atoms with van der Waals surface area (Å²) < 4.78 is 13.6. The fraction of sp³-hybridized carbons (Fsp3) is 0. The number of carbonyl (C=O) groups is 1. The molecule has 2 aromatic carbocycles. The van der Waals surface area contributed by atoms with E-state index in [1.807, 2.05) is 0 Å². The van der Waals surface area contributed by atoms with Crippen LogP contribution in [0.2, 0.25) is 0 Å². The van der Waals surface area contributed by atoms with Crippen molar-refractivity contribution in [3.63, 3.8) is 0 Å². The van der Waals surface area contributed by atoms with Gasteiger partial charge in [-0.3, -0.25) is 4.79 Å². The topological polar surface area (TPSA) is 43.1 Å². The molecular formula is C15H12FNO. The van der Waals surface area contributed by atoms with Crippen LogP contribution in [0.4, 0.5) is 4.39 Å². The summed E-state index contributed by atoms with van der Waals surface area (Å²) in [6, 6.07) is 13.8.